The molecule has 2 aliphatic rings. The number of nitrogens with one attached hydrogen (secondary N) is 1. The highest BCUT2D eigenvalue weighted by molar-refractivity contribution is 5.99. The van der Waals surface area contributed by atoms with Gasteiger partial charge in [-0.1, -0.05) is 35.9 Å². The Hall–Kier alpha value is -2.13. The van der Waals surface area contributed by atoms with Gasteiger partial charge in [0.2, 0.25) is 5.91 Å². The highest BCUT2D eigenvalue weighted by Crippen LogP contribution is 2.32. The topological polar surface area (TPSA) is 32.3 Å². The molecule has 0 saturated carbocycles. The lowest BCUT2D eigenvalue weighted by atomic mass is 10.0. The van der Waals surface area contributed by atoms with E-state index in [-0.39, 0.29) is 5.91 Å². The first kappa shape index (κ1) is 14.5. The van der Waals surface area contributed by atoms with Crippen molar-refractivity contribution in [1.29, 1.82) is 0 Å². The van der Waals surface area contributed by atoms with Gasteiger partial charge in [0.15, 0.2) is 0 Å². The van der Waals surface area contributed by atoms with E-state index in [1.165, 1.54) is 28.7 Å². The van der Waals surface area contributed by atoms with Crippen LogP contribution in [0.1, 0.15) is 41.1 Å². The van der Waals surface area contributed by atoms with E-state index in [2.05, 4.69) is 42.6 Å². The van der Waals surface area contributed by atoms with Crippen molar-refractivity contribution in [1.82, 2.24) is 5.32 Å². The van der Waals surface area contributed by atoms with E-state index in [0.29, 0.717) is 12.5 Å². The van der Waals surface area contributed by atoms with Crippen molar-refractivity contribution in [2.45, 2.75) is 38.8 Å². The second-order valence-electron chi connectivity index (χ2n) is 6.64. The van der Waals surface area contributed by atoms with Gasteiger partial charge >= 0.3 is 0 Å². The first-order valence-corrected chi connectivity index (χ1v) is 8.43. The van der Waals surface area contributed by atoms with Gasteiger partial charge in [0.05, 0.1) is 0 Å². The van der Waals surface area contributed by atoms with E-state index in [9.17, 15) is 4.79 Å². The quantitative estimate of drug-likeness (QED) is 0.877. The predicted molar refractivity (Wildman–Crippen MR) is 92.5 cm³/mol. The number of carbonyl (C=O) groups excluding carboxylic acids is 1. The molecular formula is C20H22N2O. The van der Waals surface area contributed by atoms with Crippen molar-refractivity contribution < 1.29 is 4.79 Å². The standard InChI is InChI=1S/C20H22N2O/c1-14-5-6-16-7-8-19(18(16)11-14)21-13-15-3-2-4-17(12-15)22-10-9-20(22)23/h2-6,11-12,19,21H,7-10,13H2,1H3/t19-/m1/s1. The van der Waals surface area contributed by atoms with Crippen LogP contribution in [0.2, 0.25) is 0 Å². The smallest absolute Gasteiger partial charge is 0.228 e. The number of rotatable bonds is 4. The maximum Gasteiger partial charge on any atom is 0.228 e. The van der Waals surface area contributed by atoms with Crippen molar-refractivity contribution in [3.05, 3.63) is 64.7 Å². The molecule has 2 aromatic rings. The molecule has 0 radical (unpaired) electrons. The van der Waals surface area contributed by atoms with E-state index >= 15 is 0 Å². The fourth-order valence-corrected chi connectivity index (χ4v) is 3.60. The lowest BCUT2D eigenvalue weighted by molar-refractivity contribution is -0.122. The van der Waals surface area contributed by atoms with Crippen LogP contribution in [0.5, 0.6) is 0 Å². The minimum atomic E-state index is 0.232. The van der Waals surface area contributed by atoms with Gasteiger partial charge in [-0.25, -0.2) is 0 Å². The van der Waals surface area contributed by atoms with Crippen molar-refractivity contribution in [3.63, 3.8) is 0 Å². The van der Waals surface area contributed by atoms with E-state index in [1.54, 1.807) is 0 Å². The maximum atomic E-state index is 11.6. The van der Waals surface area contributed by atoms with Gasteiger partial charge in [-0.3, -0.25) is 4.79 Å². The molecule has 2 aromatic carbocycles. The summed E-state index contributed by atoms with van der Waals surface area (Å²) in [5.41, 5.74) is 6.54. The number of fused-ring (bicyclic) bond motifs is 1. The third kappa shape index (κ3) is 2.77. The molecule has 0 spiro atoms. The fraction of sp³-hybridized carbons (Fsp3) is 0.350. The van der Waals surface area contributed by atoms with E-state index in [0.717, 1.165) is 25.2 Å². The lowest BCUT2D eigenvalue weighted by Crippen LogP contribution is -2.43. The van der Waals surface area contributed by atoms with E-state index in [1.807, 2.05) is 17.0 Å². The molecule has 1 atom stereocenters. The first-order chi connectivity index (χ1) is 11.2. The Kier molecular flexibility index (Phi) is 3.66. The minimum absolute atomic E-state index is 0.232. The Morgan fingerprint density at radius 3 is 2.87 bits per heavy atom. The molecule has 23 heavy (non-hydrogen) atoms. The lowest BCUT2D eigenvalue weighted by Gasteiger charge is -2.31. The number of hydrogen-bond acceptors (Lipinski definition) is 2. The molecular weight excluding hydrogens is 284 g/mol. The van der Waals surface area contributed by atoms with Gasteiger partial charge in [0.25, 0.3) is 0 Å². The third-order valence-electron chi connectivity index (χ3n) is 5.00. The monoisotopic (exact) mass is 306 g/mol. The number of anilines is 1. The van der Waals surface area contributed by atoms with Crippen molar-refractivity contribution in [2.75, 3.05) is 11.4 Å². The molecule has 3 nitrogen and oxygen atoms in total. The number of nitrogens with zero attached hydrogens (tertiary/aromatic N) is 1. The highest BCUT2D eigenvalue weighted by Gasteiger charge is 2.25. The molecule has 3 heteroatoms. The van der Waals surface area contributed by atoms with Crippen molar-refractivity contribution >= 4 is 11.6 Å². The van der Waals surface area contributed by atoms with Gasteiger partial charge in [0, 0.05) is 31.2 Å². The second kappa shape index (κ2) is 5.82. The second-order valence-corrected chi connectivity index (χ2v) is 6.64. The molecule has 0 bridgehead atoms. The SMILES string of the molecule is Cc1ccc2c(c1)[C@H](NCc1cccc(N3CCC3=O)c1)CC2. The molecule has 1 N–H and O–H groups in total. The van der Waals surface area contributed by atoms with Crippen molar-refractivity contribution in [2.24, 2.45) is 0 Å². The van der Waals surface area contributed by atoms with Gasteiger partial charge < -0.3 is 10.2 Å². The number of amides is 1. The minimum Gasteiger partial charge on any atom is -0.312 e. The number of β-lactam (4-membered cyclic amide) rings is 1. The van der Waals surface area contributed by atoms with Crippen LogP contribution >= 0.6 is 0 Å². The number of benzene rings is 2. The molecule has 1 fully saturated rings. The summed E-state index contributed by atoms with van der Waals surface area (Å²) in [7, 11) is 0. The summed E-state index contributed by atoms with van der Waals surface area (Å²) in [6.07, 6.45) is 3.01. The predicted octanol–water partition coefficient (Wildman–Crippen LogP) is 3.51. The fourth-order valence-electron chi connectivity index (χ4n) is 3.60. The van der Waals surface area contributed by atoms with Crippen LogP contribution < -0.4 is 10.2 Å². The first-order valence-electron chi connectivity index (χ1n) is 8.43. The summed E-state index contributed by atoms with van der Waals surface area (Å²) in [5, 5.41) is 3.69. The summed E-state index contributed by atoms with van der Waals surface area (Å²) in [6, 6.07) is 15.6. The van der Waals surface area contributed by atoms with E-state index < -0.39 is 0 Å². The molecule has 1 amide bonds. The summed E-state index contributed by atoms with van der Waals surface area (Å²) < 4.78 is 0. The van der Waals surface area contributed by atoms with Crippen LogP contribution in [0.15, 0.2) is 42.5 Å². The number of aryl methyl sites for hydroxylation is 2. The Morgan fingerprint density at radius 1 is 1.17 bits per heavy atom. The zero-order valence-corrected chi connectivity index (χ0v) is 13.5. The van der Waals surface area contributed by atoms with E-state index in [4.69, 9.17) is 0 Å². The zero-order valence-electron chi connectivity index (χ0n) is 13.5. The van der Waals surface area contributed by atoms with Crippen molar-refractivity contribution in [3.8, 4) is 0 Å². The molecule has 0 unspecified atom stereocenters. The normalized spacial score (nSPS) is 19.6. The van der Waals surface area contributed by atoms with Crippen LogP contribution in [0.3, 0.4) is 0 Å². The van der Waals surface area contributed by atoms with Crippen LogP contribution in [0, 0.1) is 6.92 Å². The summed E-state index contributed by atoms with van der Waals surface area (Å²) in [6.45, 7) is 3.85. The average Bonchev–Trinajstić information content (AvgIpc) is 2.94. The summed E-state index contributed by atoms with van der Waals surface area (Å²) in [5.74, 6) is 0.232. The van der Waals surface area contributed by atoms with Crippen LogP contribution in [-0.4, -0.2) is 12.5 Å². The summed E-state index contributed by atoms with van der Waals surface area (Å²) >= 11 is 0. The van der Waals surface area contributed by atoms with Gasteiger partial charge in [-0.15, -0.1) is 0 Å². The Balaban J connectivity index is 1.45. The van der Waals surface area contributed by atoms with Gasteiger partial charge in [-0.05, 0) is 48.6 Å². The highest BCUT2D eigenvalue weighted by atomic mass is 16.2. The molecule has 1 saturated heterocycles. The molecule has 118 valence electrons. The largest absolute Gasteiger partial charge is 0.312 e. The maximum absolute atomic E-state index is 11.6. The Morgan fingerprint density at radius 2 is 2.09 bits per heavy atom. The zero-order chi connectivity index (χ0) is 15.8. The number of carbonyl (C=O) groups is 1. The van der Waals surface area contributed by atoms with Gasteiger partial charge in [0.1, 0.15) is 0 Å². The van der Waals surface area contributed by atoms with Crippen LogP contribution in [-0.2, 0) is 17.8 Å². The number of hydrogen-bond donors (Lipinski definition) is 1. The Labute approximate surface area is 137 Å². The van der Waals surface area contributed by atoms with Gasteiger partial charge in [-0.2, -0.15) is 0 Å². The average molecular weight is 306 g/mol. The molecule has 0 aromatic heterocycles. The molecule has 1 aliphatic carbocycles. The molecule has 1 heterocycles. The molecule has 1 aliphatic heterocycles. The Bertz CT molecular complexity index is 753. The third-order valence-corrected chi connectivity index (χ3v) is 5.00. The van der Waals surface area contributed by atoms with Crippen LogP contribution in [0.4, 0.5) is 5.69 Å². The van der Waals surface area contributed by atoms with Crippen LogP contribution in [0.25, 0.3) is 0 Å². The molecule has 4 rings (SSSR count). The summed E-state index contributed by atoms with van der Waals surface area (Å²) in [4.78, 5) is 13.4.